The Balaban J connectivity index is 1.85. The lowest BCUT2D eigenvalue weighted by molar-refractivity contribution is -0.384. The maximum atomic E-state index is 13.1. The highest BCUT2D eigenvalue weighted by molar-refractivity contribution is 6.13. The zero-order chi connectivity index (χ0) is 21.3. The number of nitrogens with one attached hydrogen (secondary N) is 1. The van der Waals surface area contributed by atoms with E-state index in [1.54, 1.807) is 16.9 Å². The van der Waals surface area contributed by atoms with Crippen LogP contribution in [-0.4, -0.2) is 30.6 Å². The van der Waals surface area contributed by atoms with Crippen molar-refractivity contribution in [2.45, 2.75) is 19.9 Å². The van der Waals surface area contributed by atoms with Crippen LogP contribution in [0.2, 0.25) is 0 Å². The molecule has 1 aromatic carbocycles. The standard InChI is InChI=1S/C21H18N6O3/c1-13(2)26-20-16(11-23-26)15(10-18(24-20)14-6-4-3-5-7-14)21(28)25-17-8-9-22-12-19(17)27(29)30/h3-13H,1-2H3,(H,22,25,28). The molecule has 0 bridgehead atoms. The molecule has 1 N–H and O–H groups in total. The fraction of sp³-hybridized carbons (Fsp3) is 0.143. The molecule has 0 saturated carbocycles. The Morgan fingerprint density at radius 3 is 2.63 bits per heavy atom. The highest BCUT2D eigenvalue weighted by Gasteiger charge is 2.21. The normalized spacial score (nSPS) is 11.0. The Labute approximate surface area is 171 Å². The molecule has 9 heteroatoms. The third-order valence-electron chi connectivity index (χ3n) is 4.61. The zero-order valence-corrected chi connectivity index (χ0v) is 16.3. The predicted molar refractivity (Wildman–Crippen MR) is 112 cm³/mol. The molecule has 1 amide bonds. The van der Waals surface area contributed by atoms with Crippen LogP contribution in [0.5, 0.6) is 0 Å². The molecule has 4 aromatic rings. The average molecular weight is 402 g/mol. The molecule has 0 aliphatic heterocycles. The molecule has 0 aliphatic carbocycles. The number of fused-ring (bicyclic) bond motifs is 1. The summed E-state index contributed by atoms with van der Waals surface area (Å²) in [7, 11) is 0. The van der Waals surface area contributed by atoms with Crippen molar-refractivity contribution in [2.75, 3.05) is 5.32 Å². The van der Waals surface area contributed by atoms with Gasteiger partial charge in [0.05, 0.1) is 27.8 Å². The van der Waals surface area contributed by atoms with Crippen LogP contribution in [0.1, 0.15) is 30.2 Å². The SMILES string of the molecule is CC(C)n1ncc2c(C(=O)Nc3ccncc3[N+](=O)[O-])cc(-c3ccccc3)nc21. The molecule has 3 aromatic heterocycles. The number of pyridine rings is 2. The van der Waals surface area contributed by atoms with Crippen molar-refractivity contribution in [2.24, 2.45) is 0 Å². The first-order valence-corrected chi connectivity index (χ1v) is 9.29. The lowest BCUT2D eigenvalue weighted by Gasteiger charge is -2.11. The van der Waals surface area contributed by atoms with Gasteiger partial charge in [-0.15, -0.1) is 0 Å². The number of rotatable bonds is 5. The molecule has 30 heavy (non-hydrogen) atoms. The lowest BCUT2D eigenvalue weighted by Crippen LogP contribution is -2.14. The van der Waals surface area contributed by atoms with Crippen LogP contribution in [-0.2, 0) is 0 Å². The summed E-state index contributed by atoms with van der Waals surface area (Å²) in [6.07, 6.45) is 4.08. The van der Waals surface area contributed by atoms with Crippen molar-refractivity contribution < 1.29 is 9.72 Å². The van der Waals surface area contributed by atoms with E-state index in [0.29, 0.717) is 22.3 Å². The molecule has 3 heterocycles. The van der Waals surface area contributed by atoms with E-state index in [1.165, 1.54) is 12.3 Å². The highest BCUT2D eigenvalue weighted by atomic mass is 16.6. The second-order valence-electron chi connectivity index (χ2n) is 6.95. The molecule has 4 rings (SSSR count). The first kappa shape index (κ1) is 19.2. The van der Waals surface area contributed by atoms with Gasteiger partial charge in [0, 0.05) is 17.8 Å². The largest absolute Gasteiger partial charge is 0.316 e. The number of hydrogen-bond acceptors (Lipinski definition) is 6. The Bertz CT molecular complexity index is 1250. The number of nitro groups is 1. The third-order valence-corrected chi connectivity index (χ3v) is 4.61. The quantitative estimate of drug-likeness (QED) is 0.394. The fourth-order valence-electron chi connectivity index (χ4n) is 3.17. The molecule has 0 spiro atoms. The van der Waals surface area contributed by atoms with Crippen LogP contribution in [0.25, 0.3) is 22.3 Å². The monoisotopic (exact) mass is 402 g/mol. The van der Waals surface area contributed by atoms with Crippen molar-refractivity contribution in [1.29, 1.82) is 0 Å². The Morgan fingerprint density at radius 1 is 1.17 bits per heavy atom. The van der Waals surface area contributed by atoms with Gasteiger partial charge in [-0.05, 0) is 26.0 Å². The first-order chi connectivity index (χ1) is 14.5. The van der Waals surface area contributed by atoms with Gasteiger partial charge in [0.25, 0.3) is 5.91 Å². The van der Waals surface area contributed by atoms with E-state index in [9.17, 15) is 14.9 Å². The Morgan fingerprint density at radius 2 is 1.93 bits per heavy atom. The smallest absolute Gasteiger partial charge is 0.310 e. The van der Waals surface area contributed by atoms with E-state index in [4.69, 9.17) is 4.98 Å². The molecule has 0 saturated heterocycles. The molecule has 0 unspecified atom stereocenters. The van der Waals surface area contributed by atoms with Crippen LogP contribution >= 0.6 is 0 Å². The summed E-state index contributed by atoms with van der Waals surface area (Å²) in [5.74, 6) is -0.489. The summed E-state index contributed by atoms with van der Waals surface area (Å²) >= 11 is 0. The van der Waals surface area contributed by atoms with Gasteiger partial charge in [0.2, 0.25) is 0 Å². The molecule has 150 valence electrons. The number of hydrogen-bond donors (Lipinski definition) is 1. The zero-order valence-electron chi connectivity index (χ0n) is 16.3. The van der Waals surface area contributed by atoms with Gasteiger partial charge in [0.15, 0.2) is 5.65 Å². The van der Waals surface area contributed by atoms with Crippen molar-refractivity contribution >= 4 is 28.3 Å². The maximum absolute atomic E-state index is 13.1. The van der Waals surface area contributed by atoms with Crippen molar-refractivity contribution in [3.63, 3.8) is 0 Å². The van der Waals surface area contributed by atoms with Crippen molar-refractivity contribution in [3.05, 3.63) is 76.7 Å². The van der Waals surface area contributed by atoms with Crippen LogP contribution in [0.15, 0.2) is 61.1 Å². The second kappa shape index (κ2) is 7.70. The van der Waals surface area contributed by atoms with E-state index >= 15 is 0 Å². The number of aromatic nitrogens is 4. The van der Waals surface area contributed by atoms with Crippen molar-refractivity contribution in [3.8, 4) is 11.3 Å². The van der Waals surface area contributed by atoms with Gasteiger partial charge < -0.3 is 5.32 Å². The molecule has 0 radical (unpaired) electrons. The van der Waals surface area contributed by atoms with E-state index < -0.39 is 10.8 Å². The summed E-state index contributed by atoms with van der Waals surface area (Å²) in [6.45, 7) is 3.95. The van der Waals surface area contributed by atoms with Gasteiger partial charge >= 0.3 is 5.69 Å². The topological polar surface area (TPSA) is 116 Å². The molecular formula is C21H18N6O3. The summed E-state index contributed by atoms with van der Waals surface area (Å²) < 4.78 is 1.74. The minimum Gasteiger partial charge on any atom is -0.316 e. The van der Waals surface area contributed by atoms with Gasteiger partial charge in [-0.2, -0.15) is 5.10 Å². The molecule has 9 nitrogen and oxygen atoms in total. The van der Waals surface area contributed by atoms with Crippen LogP contribution in [0, 0.1) is 10.1 Å². The number of anilines is 1. The van der Waals surface area contributed by atoms with E-state index in [1.807, 2.05) is 44.2 Å². The number of carbonyl (C=O) groups excluding carboxylic acids is 1. The number of benzene rings is 1. The molecular weight excluding hydrogens is 384 g/mol. The number of nitrogens with zero attached hydrogens (tertiary/aromatic N) is 5. The minimum absolute atomic E-state index is 0.0400. The van der Waals surface area contributed by atoms with Gasteiger partial charge in [0.1, 0.15) is 11.9 Å². The van der Waals surface area contributed by atoms with E-state index in [0.717, 1.165) is 11.8 Å². The number of amides is 1. The lowest BCUT2D eigenvalue weighted by atomic mass is 10.1. The minimum atomic E-state index is -0.586. The van der Waals surface area contributed by atoms with Crippen molar-refractivity contribution in [1.82, 2.24) is 19.7 Å². The third kappa shape index (κ3) is 3.48. The molecule has 0 aliphatic rings. The molecule has 0 fully saturated rings. The Hall–Kier alpha value is -4.14. The van der Waals surface area contributed by atoms with Crippen LogP contribution < -0.4 is 5.32 Å². The van der Waals surface area contributed by atoms with Gasteiger partial charge in [-0.1, -0.05) is 30.3 Å². The van der Waals surface area contributed by atoms with Crippen LogP contribution in [0.3, 0.4) is 0 Å². The molecule has 0 atom stereocenters. The summed E-state index contributed by atoms with van der Waals surface area (Å²) in [4.78, 5) is 32.3. The first-order valence-electron chi connectivity index (χ1n) is 9.29. The summed E-state index contributed by atoms with van der Waals surface area (Å²) in [6, 6.07) is 12.6. The fourth-order valence-corrected chi connectivity index (χ4v) is 3.17. The Kier molecular flexibility index (Phi) is 4.93. The maximum Gasteiger partial charge on any atom is 0.310 e. The van der Waals surface area contributed by atoms with E-state index in [2.05, 4.69) is 15.4 Å². The van der Waals surface area contributed by atoms with Gasteiger partial charge in [-0.3, -0.25) is 19.9 Å². The average Bonchev–Trinajstić information content (AvgIpc) is 3.18. The predicted octanol–water partition coefficient (Wildman–Crippen LogP) is 4.23. The summed E-state index contributed by atoms with van der Waals surface area (Å²) in [5.41, 5.74) is 2.15. The van der Waals surface area contributed by atoms with Gasteiger partial charge in [-0.25, -0.2) is 9.67 Å². The van der Waals surface area contributed by atoms with E-state index in [-0.39, 0.29) is 17.4 Å². The van der Waals surface area contributed by atoms with Crippen LogP contribution in [0.4, 0.5) is 11.4 Å². The summed E-state index contributed by atoms with van der Waals surface area (Å²) in [5, 5.41) is 18.8. The highest BCUT2D eigenvalue weighted by Crippen LogP contribution is 2.28. The number of carbonyl (C=O) groups is 1. The second-order valence-corrected chi connectivity index (χ2v) is 6.95.